The van der Waals surface area contributed by atoms with Gasteiger partial charge in [0.15, 0.2) is 0 Å². The van der Waals surface area contributed by atoms with Gasteiger partial charge in [0, 0.05) is 0 Å². The third-order valence-corrected chi connectivity index (χ3v) is 1.29. The van der Waals surface area contributed by atoms with Gasteiger partial charge in [0.25, 0.3) is 0 Å². The Morgan fingerprint density at radius 1 is 0.714 bits per heavy atom. The predicted octanol–water partition coefficient (Wildman–Crippen LogP) is 3.13. The van der Waals surface area contributed by atoms with Gasteiger partial charge in [-0.25, -0.2) is 0 Å². The van der Waals surface area contributed by atoms with Gasteiger partial charge in [0.2, 0.25) is 0 Å². The zero-order chi connectivity index (χ0) is 5.15. The van der Waals surface area contributed by atoms with E-state index in [0.29, 0.717) is 0 Å². The van der Waals surface area contributed by atoms with Gasteiger partial charge < -0.3 is 0 Å². The molecular formula is C2H3Cl4P. The van der Waals surface area contributed by atoms with E-state index in [1.807, 2.05) is 0 Å². The standard InChI is InChI=1S/C2Cl4.H3P/c3-1(4)2(5)6;/h;1H3. The Kier molecular flexibility index (Phi) is 8.72. The minimum Gasteiger partial charge on any atom is -0.153 e. The fourth-order valence-corrected chi connectivity index (χ4v) is 0. The Bertz CT molecular complexity index is 59.8. The van der Waals surface area contributed by atoms with E-state index < -0.39 is 0 Å². The lowest BCUT2D eigenvalue weighted by molar-refractivity contribution is 2.25. The van der Waals surface area contributed by atoms with E-state index in [1.165, 1.54) is 0 Å². The maximum atomic E-state index is 4.99. The van der Waals surface area contributed by atoms with Crippen molar-refractivity contribution in [3.05, 3.63) is 8.98 Å². The van der Waals surface area contributed by atoms with Crippen LogP contribution in [0.15, 0.2) is 8.98 Å². The fraction of sp³-hybridized carbons (Fsp3) is 0. The van der Waals surface area contributed by atoms with Crippen molar-refractivity contribution in [2.75, 3.05) is 0 Å². The molecule has 0 radical (unpaired) electrons. The van der Waals surface area contributed by atoms with Crippen LogP contribution in [-0.4, -0.2) is 0 Å². The third kappa shape index (κ3) is 7.33. The maximum Gasteiger partial charge on any atom is 0.136 e. The molecular weight excluding hydrogens is 197 g/mol. The third-order valence-electron chi connectivity index (χ3n) is 0.143. The van der Waals surface area contributed by atoms with Crippen molar-refractivity contribution in [1.29, 1.82) is 0 Å². The molecule has 0 saturated carbocycles. The van der Waals surface area contributed by atoms with Crippen LogP contribution in [-0.2, 0) is 0 Å². The molecule has 1 unspecified atom stereocenters. The summed E-state index contributed by atoms with van der Waals surface area (Å²) >= 11 is 20.0. The monoisotopic (exact) mass is 198 g/mol. The summed E-state index contributed by atoms with van der Waals surface area (Å²) in [5.41, 5.74) is 0. The molecule has 0 nitrogen and oxygen atoms in total. The molecule has 0 bridgehead atoms. The zero-order valence-electron chi connectivity index (χ0n) is 3.22. The summed E-state index contributed by atoms with van der Waals surface area (Å²) in [5.74, 6) is 0. The van der Waals surface area contributed by atoms with Gasteiger partial charge in [0.1, 0.15) is 8.98 Å². The van der Waals surface area contributed by atoms with Gasteiger partial charge in [-0.3, -0.25) is 0 Å². The van der Waals surface area contributed by atoms with Crippen molar-refractivity contribution in [1.82, 2.24) is 0 Å². The average Bonchev–Trinajstić information content (AvgIpc) is 1.36. The first-order valence-electron chi connectivity index (χ1n) is 1.01. The number of rotatable bonds is 0. The highest BCUT2D eigenvalue weighted by atomic mass is 35.5. The summed E-state index contributed by atoms with van der Waals surface area (Å²) in [6.07, 6.45) is 0. The molecule has 7 heavy (non-hydrogen) atoms. The fourth-order valence-electron chi connectivity index (χ4n) is 0. The van der Waals surface area contributed by atoms with Crippen LogP contribution in [0, 0.1) is 0 Å². The van der Waals surface area contributed by atoms with Gasteiger partial charge in [-0.05, 0) is 0 Å². The van der Waals surface area contributed by atoms with Crippen LogP contribution in [0.2, 0.25) is 0 Å². The lowest BCUT2D eigenvalue weighted by Gasteiger charge is -1.75. The number of hydrogen-bond acceptors (Lipinski definition) is 0. The first-order chi connectivity index (χ1) is 2.64. The van der Waals surface area contributed by atoms with E-state index in [0.717, 1.165) is 0 Å². The van der Waals surface area contributed by atoms with E-state index in [-0.39, 0.29) is 18.9 Å². The first-order valence-corrected chi connectivity index (χ1v) is 2.52. The summed E-state index contributed by atoms with van der Waals surface area (Å²) in [5, 5.41) is 0. The molecule has 0 fully saturated rings. The largest absolute Gasteiger partial charge is 0.153 e. The summed E-state index contributed by atoms with van der Waals surface area (Å²) < 4.78 is -0.198. The first kappa shape index (κ1) is 11.2. The van der Waals surface area contributed by atoms with Crippen LogP contribution in [0.3, 0.4) is 0 Å². The zero-order valence-corrected chi connectivity index (χ0v) is 7.66. The molecule has 0 aromatic rings. The van der Waals surface area contributed by atoms with Crippen molar-refractivity contribution in [2.24, 2.45) is 0 Å². The van der Waals surface area contributed by atoms with Gasteiger partial charge in [-0.2, -0.15) is 9.90 Å². The topological polar surface area (TPSA) is 0 Å². The minimum atomic E-state index is -0.0988. The summed E-state index contributed by atoms with van der Waals surface area (Å²) in [6, 6.07) is 0. The van der Waals surface area contributed by atoms with Crippen LogP contribution < -0.4 is 0 Å². The van der Waals surface area contributed by atoms with Crippen LogP contribution in [0.4, 0.5) is 0 Å². The van der Waals surface area contributed by atoms with E-state index in [2.05, 4.69) is 0 Å². The second-order valence-electron chi connectivity index (χ2n) is 0.521. The molecule has 0 aliphatic heterocycles. The smallest absolute Gasteiger partial charge is 0.136 e. The van der Waals surface area contributed by atoms with Gasteiger partial charge >= 0.3 is 0 Å². The van der Waals surface area contributed by atoms with Gasteiger partial charge in [-0.15, -0.1) is 0 Å². The van der Waals surface area contributed by atoms with E-state index >= 15 is 0 Å². The Morgan fingerprint density at radius 3 is 0.857 bits per heavy atom. The molecule has 5 heteroatoms. The minimum absolute atomic E-state index is 0. The Hall–Kier alpha value is 1.33. The van der Waals surface area contributed by atoms with Crippen molar-refractivity contribution in [3.8, 4) is 0 Å². The highest BCUT2D eigenvalue weighted by Gasteiger charge is 1.88. The Balaban J connectivity index is 0. The van der Waals surface area contributed by atoms with Crippen molar-refractivity contribution in [2.45, 2.75) is 0 Å². The van der Waals surface area contributed by atoms with Crippen LogP contribution in [0.25, 0.3) is 0 Å². The molecule has 0 aromatic carbocycles. The molecule has 0 saturated heterocycles. The molecule has 44 valence electrons. The molecule has 0 N–H and O–H groups in total. The van der Waals surface area contributed by atoms with Gasteiger partial charge in [-0.1, -0.05) is 46.4 Å². The second-order valence-corrected chi connectivity index (χ2v) is 2.42. The van der Waals surface area contributed by atoms with Crippen molar-refractivity contribution >= 4 is 56.3 Å². The normalized spacial score (nSPS) is 6.86. The van der Waals surface area contributed by atoms with E-state index in [1.54, 1.807) is 0 Å². The van der Waals surface area contributed by atoms with Crippen LogP contribution in [0.1, 0.15) is 0 Å². The Labute approximate surface area is 65.4 Å². The number of halogens is 4. The maximum absolute atomic E-state index is 4.99. The number of hydrogen-bond donors (Lipinski definition) is 0. The lowest BCUT2D eigenvalue weighted by Crippen LogP contribution is -1.47. The Morgan fingerprint density at radius 2 is 0.857 bits per heavy atom. The summed E-state index contributed by atoms with van der Waals surface area (Å²) in [4.78, 5) is 0. The molecule has 0 spiro atoms. The predicted molar refractivity (Wildman–Crippen MR) is 41.5 cm³/mol. The summed E-state index contributed by atoms with van der Waals surface area (Å²) in [6.45, 7) is 0. The molecule has 0 aliphatic carbocycles. The van der Waals surface area contributed by atoms with Crippen molar-refractivity contribution in [3.63, 3.8) is 0 Å². The second kappa shape index (κ2) is 5.47. The highest BCUT2D eigenvalue weighted by Crippen LogP contribution is 2.20. The molecule has 0 amide bonds. The van der Waals surface area contributed by atoms with Crippen molar-refractivity contribution < 1.29 is 0 Å². The van der Waals surface area contributed by atoms with E-state index in [4.69, 9.17) is 46.4 Å². The van der Waals surface area contributed by atoms with Crippen LogP contribution >= 0.6 is 56.3 Å². The average molecular weight is 200 g/mol. The molecule has 0 heterocycles. The van der Waals surface area contributed by atoms with Crippen LogP contribution in [0.5, 0.6) is 0 Å². The molecule has 0 aliphatic rings. The highest BCUT2D eigenvalue weighted by molar-refractivity contribution is 6.92. The van der Waals surface area contributed by atoms with Gasteiger partial charge in [0.05, 0.1) is 0 Å². The quantitative estimate of drug-likeness (QED) is 0.526. The summed E-state index contributed by atoms with van der Waals surface area (Å²) in [7, 11) is 0. The van der Waals surface area contributed by atoms with E-state index in [9.17, 15) is 0 Å². The molecule has 1 atom stereocenters. The SMILES string of the molecule is ClC(Cl)=C(Cl)Cl.P. The molecule has 0 rings (SSSR count). The molecule has 0 aromatic heterocycles. The lowest BCUT2D eigenvalue weighted by atomic mass is 11.2.